The van der Waals surface area contributed by atoms with E-state index in [1.807, 2.05) is 16.7 Å². The molecule has 18 heavy (non-hydrogen) atoms. The summed E-state index contributed by atoms with van der Waals surface area (Å²) >= 11 is 5.98. The number of rotatable bonds is 3. The first kappa shape index (κ1) is 11.0. The number of aromatic nitrogens is 4. The molecule has 2 aromatic heterocycles. The van der Waals surface area contributed by atoms with Crippen LogP contribution in [0.3, 0.4) is 0 Å². The van der Waals surface area contributed by atoms with Gasteiger partial charge in [-0.3, -0.25) is 0 Å². The van der Waals surface area contributed by atoms with Gasteiger partial charge < -0.3 is 14.8 Å². The molecule has 0 aliphatic rings. The summed E-state index contributed by atoms with van der Waals surface area (Å²) in [6.45, 7) is 0.627. The van der Waals surface area contributed by atoms with Crippen LogP contribution in [0.1, 0.15) is 5.82 Å². The van der Waals surface area contributed by atoms with Gasteiger partial charge in [0.15, 0.2) is 5.82 Å². The molecule has 0 saturated carbocycles. The molecular formula is C11H10ClN5O. The fraction of sp³-hybridized carbons (Fsp3) is 0.182. The van der Waals surface area contributed by atoms with Gasteiger partial charge >= 0.3 is 0 Å². The molecule has 2 heterocycles. The lowest BCUT2D eigenvalue weighted by Crippen LogP contribution is -2.06. The Balaban J connectivity index is 1.95. The predicted octanol–water partition coefficient (Wildman–Crippen LogP) is 1.90. The molecule has 0 amide bonds. The highest BCUT2D eigenvalue weighted by Gasteiger charge is 2.09. The SMILES string of the molecule is Nc1nc2ccc(Cl)cc2n1CCc1ncon1. The Morgan fingerprint density at radius 3 is 3.06 bits per heavy atom. The van der Waals surface area contributed by atoms with Crippen molar-refractivity contribution in [3.8, 4) is 0 Å². The van der Waals surface area contributed by atoms with Crippen LogP contribution in [0.5, 0.6) is 0 Å². The minimum absolute atomic E-state index is 0.454. The molecule has 6 nitrogen and oxygen atoms in total. The molecule has 0 fully saturated rings. The highest BCUT2D eigenvalue weighted by molar-refractivity contribution is 6.31. The number of benzene rings is 1. The van der Waals surface area contributed by atoms with Gasteiger partial charge in [0.05, 0.1) is 11.0 Å². The first-order valence-electron chi connectivity index (χ1n) is 5.40. The first-order valence-corrected chi connectivity index (χ1v) is 5.78. The van der Waals surface area contributed by atoms with Gasteiger partial charge in [0, 0.05) is 18.0 Å². The average molecular weight is 264 g/mol. The molecule has 0 radical (unpaired) electrons. The number of fused-ring (bicyclic) bond motifs is 1. The highest BCUT2D eigenvalue weighted by Crippen LogP contribution is 2.22. The number of halogens is 1. The van der Waals surface area contributed by atoms with Crippen LogP contribution in [0.4, 0.5) is 5.95 Å². The van der Waals surface area contributed by atoms with Crippen molar-refractivity contribution >= 4 is 28.6 Å². The first-order chi connectivity index (χ1) is 8.74. The van der Waals surface area contributed by atoms with Gasteiger partial charge in [0.1, 0.15) is 0 Å². The molecule has 0 aliphatic heterocycles. The standard InChI is InChI=1S/C11H10ClN5O/c12-7-1-2-8-9(5-7)17(11(13)15-8)4-3-10-14-6-18-16-10/h1-2,5-6H,3-4H2,(H2,13,15). The molecule has 0 spiro atoms. The molecule has 0 unspecified atom stereocenters. The Kier molecular flexibility index (Phi) is 2.64. The number of hydrogen-bond donors (Lipinski definition) is 1. The molecule has 7 heteroatoms. The zero-order valence-electron chi connectivity index (χ0n) is 9.38. The molecule has 0 bridgehead atoms. The maximum Gasteiger partial charge on any atom is 0.213 e. The van der Waals surface area contributed by atoms with E-state index in [4.69, 9.17) is 17.3 Å². The fourth-order valence-corrected chi connectivity index (χ4v) is 2.03. The molecule has 3 rings (SSSR count). The van der Waals surface area contributed by atoms with Gasteiger partial charge in [-0.05, 0) is 18.2 Å². The summed E-state index contributed by atoms with van der Waals surface area (Å²) in [6.07, 6.45) is 1.93. The normalized spacial score (nSPS) is 11.2. The Bertz CT molecular complexity index is 676. The lowest BCUT2D eigenvalue weighted by Gasteiger charge is -2.04. The van der Waals surface area contributed by atoms with Gasteiger partial charge in [-0.15, -0.1) is 0 Å². The van der Waals surface area contributed by atoms with E-state index in [0.29, 0.717) is 29.8 Å². The van der Waals surface area contributed by atoms with Crippen molar-refractivity contribution in [1.82, 2.24) is 19.7 Å². The zero-order chi connectivity index (χ0) is 12.5. The van der Waals surface area contributed by atoms with Crippen LogP contribution in [-0.4, -0.2) is 19.7 Å². The van der Waals surface area contributed by atoms with E-state index >= 15 is 0 Å². The largest absolute Gasteiger partial charge is 0.369 e. The number of nitrogens with two attached hydrogens (primary N) is 1. The van der Waals surface area contributed by atoms with Gasteiger partial charge in [0.25, 0.3) is 0 Å². The van der Waals surface area contributed by atoms with Crippen molar-refractivity contribution in [2.24, 2.45) is 0 Å². The molecule has 1 aromatic carbocycles. The van der Waals surface area contributed by atoms with Crippen molar-refractivity contribution in [3.63, 3.8) is 0 Å². The second-order valence-electron chi connectivity index (χ2n) is 3.85. The molecule has 0 saturated heterocycles. The summed E-state index contributed by atoms with van der Waals surface area (Å²) in [5.74, 6) is 1.09. The quantitative estimate of drug-likeness (QED) is 0.780. The van der Waals surface area contributed by atoms with Crippen LogP contribution >= 0.6 is 11.6 Å². The van der Waals surface area contributed by atoms with Crippen molar-refractivity contribution in [3.05, 3.63) is 35.4 Å². The van der Waals surface area contributed by atoms with E-state index in [2.05, 4.69) is 19.6 Å². The van der Waals surface area contributed by atoms with Crippen LogP contribution in [0.15, 0.2) is 29.1 Å². The van der Waals surface area contributed by atoms with E-state index in [1.165, 1.54) is 6.39 Å². The smallest absolute Gasteiger partial charge is 0.213 e. The van der Waals surface area contributed by atoms with Crippen LogP contribution in [0.2, 0.25) is 5.02 Å². The molecular weight excluding hydrogens is 254 g/mol. The van der Waals surface area contributed by atoms with Gasteiger partial charge in [-0.1, -0.05) is 16.8 Å². The zero-order valence-corrected chi connectivity index (χ0v) is 10.1. The fourth-order valence-electron chi connectivity index (χ4n) is 1.86. The van der Waals surface area contributed by atoms with Crippen LogP contribution < -0.4 is 5.73 Å². The molecule has 0 aliphatic carbocycles. The molecule has 2 N–H and O–H groups in total. The van der Waals surface area contributed by atoms with Crippen molar-refractivity contribution in [2.75, 3.05) is 5.73 Å². The van der Waals surface area contributed by atoms with Gasteiger partial charge in [0.2, 0.25) is 12.3 Å². The lowest BCUT2D eigenvalue weighted by atomic mass is 10.3. The maximum absolute atomic E-state index is 5.98. The Hall–Kier alpha value is -2.08. The molecule has 92 valence electrons. The van der Waals surface area contributed by atoms with E-state index in [0.717, 1.165) is 11.0 Å². The van der Waals surface area contributed by atoms with E-state index in [9.17, 15) is 0 Å². The third-order valence-electron chi connectivity index (χ3n) is 2.71. The maximum atomic E-state index is 5.98. The summed E-state index contributed by atoms with van der Waals surface area (Å²) in [6, 6.07) is 5.48. The Morgan fingerprint density at radius 1 is 1.39 bits per heavy atom. The second-order valence-corrected chi connectivity index (χ2v) is 4.29. The second kappa shape index (κ2) is 4.30. The number of imidazole rings is 1. The van der Waals surface area contributed by atoms with Gasteiger partial charge in [-0.2, -0.15) is 4.98 Å². The summed E-state index contributed by atoms with van der Waals surface area (Å²) in [7, 11) is 0. The summed E-state index contributed by atoms with van der Waals surface area (Å²) in [5.41, 5.74) is 7.62. The summed E-state index contributed by atoms with van der Waals surface area (Å²) in [4.78, 5) is 8.24. The number of aryl methyl sites for hydroxylation is 2. The number of hydrogen-bond acceptors (Lipinski definition) is 5. The molecule has 0 atom stereocenters. The minimum atomic E-state index is 0.454. The van der Waals surface area contributed by atoms with Crippen molar-refractivity contribution in [1.29, 1.82) is 0 Å². The highest BCUT2D eigenvalue weighted by atomic mass is 35.5. The Morgan fingerprint density at radius 2 is 2.28 bits per heavy atom. The lowest BCUT2D eigenvalue weighted by molar-refractivity contribution is 0.408. The third-order valence-corrected chi connectivity index (χ3v) is 2.94. The Labute approximate surface area is 107 Å². The summed E-state index contributed by atoms with van der Waals surface area (Å²) < 4.78 is 6.57. The molecule has 3 aromatic rings. The predicted molar refractivity (Wildman–Crippen MR) is 67.2 cm³/mol. The minimum Gasteiger partial charge on any atom is -0.369 e. The van der Waals surface area contributed by atoms with E-state index in [1.54, 1.807) is 6.07 Å². The topological polar surface area (TPSA) is 82.8 Å². The average Bonchev–Trinajstić information content (AvgIpc) is 2.94. The van der Waals surface area contributed by atoms with Crippen LogP contribution in [0.25, 0.3) is 11.0 Å². The van der Waals surface area contributed by atoms with Crippen molar-refractivity contribution in [2.45, 2.75) is 13.0 Å². The van der Waals surface area contributed by atoms with E-state index < -0.39 is 0 Å². The van der Waals surface area contributed by atoms with Crippen molar-refractivity contribution < 1.29 is 4.52 Å². The van der Waals surface area contributed by atoms with Gasteiger partial charge in [-0.25, -0.2) is 4.98 Å². The van der Waals surface area contributed by atoms with Crippen LogP contribution in [0, 0.1) is 0 Å². The van der Waals surface area contributed by atoms with Crippen LogP contribution in [-0.2, 0) is 13.0 Å². The summed E-state index contributed by atoms with van der Waals surface area (Å²) in [5, 5.41) is 4.41. The van der Waals surface area contributed by atoms with E-state index in [-0.39, 0.29) is 0 Å². The number of nitrogen functional groups attached to an aromatic ring is 1. The number of nitrogens with zero attached hydrogens (tertiary/aromatic N) is 4. The number of anilines is 1. The monoisotopic (exact) mass is 263 g/mol. The third kappa shape index (κ3) is 1.91.